The summed E-state index contributed by atoms with van der Waals surface area (Å²) >= 11 is 1.74. The summed E-state index contributed by atoms with van der Waals surface area (Å²) in [6.45, 7) is 1.56. The lowest BCUT2D eigenvalue weighted by molar-refractivity contribution is -0.134. The van der Waals surface area contributed by atoms with Gasteiger partial charge in [-0.1, -0.05) is 42.5 Å². The van der Waals surface area contributed by atoms with Crippen LogP contribution >= 0.6 is 11.3 Å². The minimum absolute atomic E-state index is 0.00337. The number of rotatable bonds is 9. The standard InChI is InChI=1S/C27H30N2O4S/c1-32-17-8-15-28(27(31)21-11-6-7-12-23(21)33-2)19-25(30)29-16-13-24-22(14-18-34-24)26(29)20-9-4-3-5-10-20/h3-7,9-12,14,18,26H,8,13,15-17,19H2,1-2H3. The summed E-state index contributed by atoms with van der Waals surface area (Å²) < 4.78 is 10.6. The average Bonchev–Trinajstić information content (AvgIpc) is 3.36. The van der Waals surface area contributed by atoms with Crippen molar-refractivity contribution in [3.8, 4) is 5.75 Å². The highest BCUT2D eigenvalue weighted by atomic mass is 32.1. The predicted molar refractivity (Wildman–Crippen MR) is 133 cm³/mol. The summed E-state index contributed by atoms with van der Waals surface area (Å²) in [6, 6.07) is 19.2. The van der Waals surface area contributed by atoms with Crippen LogP contribution in [0.1, 0.15) is 38.8 Å². The number of ether oxygens (including phenoxy) is 2. The molecule has 1 unspecified atom stereocenters. The number of hydrogen-bond acceptors (Lipinski definition) is 5. The van der Waals surface area contributed by atoms with Crippen molar-refractivity contribution in [3.05, 3.63) is 87.6 Å². The molecule has 0 saturated carbocycles. The number of fused-ring (bicyclic) bond motifs is 1. The fraction of sp³-hybridized carbons (Fsp3) is 0.333. The Balaban J connectivity index is 1.60. The highest BCUT2D eigenvalue weighted by molar-refractivity contribution is 7.10. The van der Waals surface area contributed by atoms with Crippen molar-refractivity contribution < 1.29 is 19.1 Å². The smallest absolute Gasteiger partial charge is 0.258 e. The third kappa shape index (κ3) is 5.16. The van der Waals surface area contributed by atoms with Crippen LogP contribution in [0.3, 0.4) is 0 Å². The van der Waals surface area contributed by atoms with E-state index in [0.717, 1.165) is 12.0 Å². The molecule has 2 heterocycles. The number of methoxy groups -OCH3 is 2. The van der Waals surface area contributed by atoms with E-state index in [-0.39, 0.29) is 24.4 Å². The molecule has 7 heteroatoms. The first-order valence-electron chi connectivity index (χ1n) is 11.5. The van der Waals surface area contributed by atoms with E-state index in [1.165, 1.54) is 10.4 Å². The third-order valence-corrected chi connectivity index (χ3v) is 7.13. The molecule has 6 nitrogen and oxygen atoms in total. The SMILES string of the molecule is COCCCN(CC(=O)N1CCc2sccc2C1c1ccccc1)C(=O)c1ccccc1OC. The zero-order chi connectivity index (χ0) is 23.9. The van der Waals surface area contributed by atoms with Gasteiger partial charge < -0.3 is 19.3 Å². The molecule has 0 N–H and O–H groups in total. The first-order valence-corrected chi connectivity index (χ1v) is 12.3. The molecule has 34 heavy (non-hydrogen) atoms. The fourth-order valence-electron chi connectivity index (χ4n) is 4.48. The predicted octanol–water partition coefficient (Wildman–Crippen LogP) is 4.41. The summed E-state index contributed by atoms with van der Waals surface area (Å²) in [5, 5.41) is 2.09. The first-order chi connectivity index (χ1) is 16.6. The monoisotopic (exact) mass is 478 g/mol. The van der Waals surface area contributed by atoms with Gasteiger partial charge in [-0.25, -0.2) is 0 Å². The molecule has 3 aromatic rings. The molecular weight excluding hydrogens is 448 g/mol. The van der Waals surface area contributed by atoms with E-state index in [4.69, 9.17) is 9.47 Å². The van der Waals surface area contributed by atoms with Gasteiger partial charge in [0.1, 0.15) is 12.3 Å². The number of amides is 2. The maximum absolute atomic E-state index is 13.7. The van der Waals surface area contributed by atoms with Gasteiger partial charge in [0.15, 0.2) is 0 Å². The fourth-order valence-corrected chi connectivity index (χ4v) is 5.38. The average molecular weight is 479 g/mol. The van der Waals surface area contributed by atoms with Crippen molar-refractivity contribution in [1.29, 1.82) is 0 Å². The molecule has 2 amide bonds. The van der Waals surface area contributed by atoms with Crippen LogP contribution in [0, 0.1) is 0 Å². The molecule has 1 atom stereocenters. The normalized spacial score (nSPS) is 15.0. The van der Waals surface area contributed by atoms with Crippen LogP contribution in [0.25, 0.3) is 0 Å². The van der Waals surface area contributed by atoms with Gasteiger partial charge in [-0.05, 0) is 47.5 Å². The minimum Gasteiger partial charge on any atom is -0.496 e. The molecule has 1 aromatic heterocycles. The summed E-state index contributed by atoms with van der Waals surface area (Å²) in [5.41, 5.74) is 2.71. The van der Waals surface area contributed by atoms with Crippen LogP contribution in [0.5, 0.6) is 5.75 Å². The van der Waals surface area contributed by atoms with E-state index in [2.05, 4.69) is 23.6 Å². The second-order valence-electron chi connectivity index (χ2n) is 8.22. The Labute approximate surface area is 204 Å². The molecule has 0 fully saturated rings. The highest BCUT2D eigenvalue weighted by Gasteiger charge is 2.34. The third-order valence-electron chi connectivity index (χ3n) is 6.13. The Hall–Kier alpha value is -3.16. The van der Waals surface area contributed by atoms with Gasteiger partial charge in [0, 0.05) is 31.7 Å². The Kier molecular flexibility index (Phi) is 7.98. The van der Waals surface area contributed by atoms with E-state index in [1.54, 1.807) is 48.7 Å². The molecule has 1 aliphatic heterocycles. The lowest BCUT2D eigenvalue weighted by Crippen LogP contribution is -2.47. The minimum atomic E-state index is -0.216. The topological polar surface area (TPSA) is 59.1 Å². The zero-order valence-corrected chi connectivity index (χ0v) is 20.4. The second kappa shape index (κ2) is 11.3. The van der Waals surface area contributed by atoms with Crippen LogP contribution in [0.2, 0.25) is 0 Å². The van der Waals surface area contributed by atoms with Gasteiger partial charge in [0.25, 0.3) is 5.91 Å². The summed E-state index contributed by atoms with van der Waals surface area (Å²) in [5.74, 6) is 0.220. The summed E-state index contributed by atoms with van der Waals surface area (Å²) in [7, 11) is 3.18. The van der Waals surface area contributed by atoms with Crippen molar-refractivity contribution in [2.75, 3.05) is 40.5 Å². The van der Waals surface area contributed by atoms with E-state index in [1.807, 2.05) is 29.2 Å². The zero-order valence-electron chi connectivity index (χ0n) is 19.6. The van der Waals surface area contributed by atoms with Gasteiger partial charge in [-0.3, -0.25) is 9.59 Å². The maximum atomic E-state index is 13.7. The maximum Gasteiger partial charge on any atom is 0.258 e. The molecule has 0 spiro atoms. The number of thiophene rings is 1. The van der Waals surface area contributed by atoms with Crippen molar-refractivity contribution in [2.45, 2.75) is 18.9 Å². The molecule has 2 aromatic carbocycles. The number of carbonyl (C=O) groups excluding carboxylic acids is 2. The van der Waals surface area contributed by atoms with Crippen molar-refractivity contribution in [2.24, 2.45) is 0 Å². The Morgan fingerprint density at radius 2 is 1.82 bits per heavy atom. The Morgan fingerprint density at radius 3 is 2.59 bits per heavy atom. The number of benzene rings is 2. The number of carbonyl (C=O) groups is 2. The largest absolute Gasteiger partial charge is 0.496 e. The van der Waals surface area contributed by atoms with E-state index in [9.17, 15) is 9.59 Å². The second-order valence-corrected chi connectivity index (χ2v) is 9.22. The van der Waals surface area contributed by atoms with Crippen LogP contribution < -0.4 is 4.74 Å². The summed E-state index contributed by atoms with van der Waals surface area (Å²) in [6.07, 6.45) is 1.47. The molecule has 0 bridgehead atoms. The van der Waals surface area contributed by atoms with Gasteiger partial charge in [0.05, 0.1) is 18.7 Å². The molecule has 0 saturated heterocycles. The lowest BCUT2D eigenvalue weighted by Gasteiger charge is -2.37. The quantitative estimate of drug-likeness (QED) is 0.428. The number of para-hydroxylation sites is 1. The molecule has 4 rings (SSSR count). The molecule has 0 radical (unpaired) electrons. The van der Waals surface area contributed by atoms with E-state index in [0.29, 0.717) is 37.4 Å². The number of nitrogens with zero attached hydrogens (tertiary/aromatic N) is 2. The van der Waals surface area contributed by atoms with Gasteiger partial charge in [-0.2, -0.15) is 0 Å². The first kappa shape index (κ1) is 24.0. The lowest BCUT2D eigenvalue weighted by atomic mass is 9.93. The molecule has 178 valence electrons. The van der Waals surface area contributed by atoms with Crippen LogP contribution in [-0.4, -0.2) is 62.1 Å². The van der Waals surface area contributed by atoms with Crippen LogP contribution in [0.4, 0.5) is 0 Å². The van der Waals surface area contributed by atoms with E-state index >= 15 is 0 Å². The molecule has 1 aliphatic rings. The van der Waals surface area contributed by atoms with E-state index < -0.39 is 0 Å². The Morgan fingerprint density at radius 1 is 1.06 bits per heavy atom. The van der Waals surface area contributed by atoms with Crippen molar-refractivity contribution in [1.82, 2.24) is 9.80 Å². The Bertz CT molecular complexity index is 1110. The van der Waals surface area contributed by atoms with Crippen molar-refractivity contribution in [3.63, 3.8) is 0 Å². The van der Waals surface area contributed by atoms with Gasteiger partial charge in [0.2, 0.25) is 5.91 Å². The van der Waals surface area contributed by atoms with Crippen LogP contribution in [-0.2, 0) is 16.0 Å². The summed E-state index contributed by atoms with van der Waals surface area (Å²) in [4.78, 5) is 32.1. The molecule has 0 aliphatic carbocycles. The van der Waals surface area contributed by atoms with Gasteiger partial charge >= 0.3 is 0 Å². The highest BCUT2D eigenvalue weighted by Crippen LogP contribution is 2.37. The van der Waals surface area contributed by atoms with Crippen molar-refractivity contribution >= 4 is 23.2 Å². The molecular formula is C27H30N2O4S. The van der Waals surface area contributed by atoms with Crippen LogP contribution in [0.15, 0.2) is 66.0 Å². The number of hydrogen-bond donors (Lipinski definition) is 0. The van der Waals surface area contributed by atoms with Gasteiger partial charge in [-0.15, -0.1) is 11.3 Å².